The second-order valence-electron chi connectivity index (χ2n) is 3.95. The molecular formula is C12H13BrN4O. The smallest absolute Gasteiger partial charge is 0.329 e. The summed E-state index contributed by atoms with van der Waals surface area (Å²) in [5, 5.41) is 0. The normalized spacial score (nSPS) is 10.3. The predicted molar refractivity (Wildman–Crippen MR) is 73.0 cm³/mol. The lowest BCUT2D eigenvalue weighted by Crippen LogP contribution is -2.30. The van der Waals surface area contributed by atoms with Gasteiger partial charge in [-0.3, -0.25) is 4.57 Å². The molecule has 5 nitrogen and oxygen atoms in total. The molecule has 0 saturated carbocycles. The molecule has 18 heavy (non-hydrogen) atoms. The quantitative estimate of drug-likeness (QED) is 0.866. The number of aromatic nitrogens is 2. The number of halogens is 1. The number of imidazole rings is 1. The van der Waals surface area contributed by atoms with Gasteiger partial charge in [0.25, 0.3) is 0 Å². The van der Waals surface area contributed by atoms with E-state index in [0.29, 0.717) is 12.2 Å². The number of carbonyl (C=O) groups excluding carboxylic acids is 1. The van der Waals surface area contributed by atoms with E-state index in [-0.39, 0.29) is 6.03 Å². The molecule has 0 spiro atoms. The first-order valence-corrected chi connectivity index (χ1v) is 6.14. The van der Waals surface area contributed by atoms with Gasteiger partial charge in [0.15, 0.2) is 0 Å². The van der Waals surface area contributed by atoms with Gasteiger partial charge in [-0.05, 0) is 17.7 Å². The number of nitrogens with zero attached hydrogens (tertiary/aromatic N) is 3. The van der Waals surface area contributed by atoms with E-state index in [1.165, 1.54) is 10.9 Å². The van der Waals surface area contributed by atoms with E-state index in [1.54, 1.807) is 24.3 Å². The van der Waals surface area contributed by atoms with Crippen LogP contribution in [-0.4, -0.2) is 27.5 Å². The minimum Gasteiger partial charge on any atom is -0.398 e. The Balaban J connectivity index is 2.11. The molecule has 0 aliphatic carbocycles. The van der Waals surface area contributed by atoms with Crippen LogP contribution in [0.15, 0.2) is 41.4 Å². The van der Waals surface area contributed by atoms with E-state index in [9.17, 15) is 4.79 Å². The maximum absolute atomic E-state index is 12.0. The fourth-order valence-corrected chi connectivity index (χ4v) is 1.98. The lowest BCUT2D eigenvalue weighted by molar-refractivity contribution is 0.208. The number of hydrogen-bond acceptors (Lipinski definition) is 3. The Kier molecular flexibility index (Phi) is 3.66. The van der Waals surface area contributed by atoms with Crippen LogP contribution in [0.25, 0.3) is 0 Å². The number of hydrogen-bond donors (Lipinski definition) is 1. The van der Waals surface area contributed by atoms with E-state index >= 15 is 0 Å². The van der Waals surface area contributed by atoms with E-state index in [2.05, 4.69) is 20.9 Å². The lowest BCUT2D eigenvalue weighted by Gasteiger charge is -2.18. The summed E-state index contributed by atoms with van der Waals surface area (Å²) in [5.41, 5.74) is 7.47. The zero-order chi connectivity index (χ0) is 13.1. The minimum atomic E-state index is -0.144. The summed E-state index contributed by atoms with van der Waals surface area (Å²) in [5.74, 6) is 0. The molecule has 0 aliphatic rings. The van der Waals surface area contributed by atoms with Crippen molar-refractivity contribution in [2.45, 2.75) is 6.54 Å². The zero-order valence-corrected chi connectivity index (χ0v) is 11.5. The first-order chi connectivity index (χ1) is 8.58. The predicted octanol–water partition coefficient (Wildman–Crippen LogP) is 2.33. The standard InChI is InChI=1S/C12H13BrN4O/c1-16(12(18)17-5-4-15-8-17)7-9-2-3-10(13)6-11(9)14/h2-6,8H,7,14H2,1H3. The molecule has 0 fully saturated rings. The van der Waals surface area contributed by atoms with Crippen LogP contribution in [0.2, 0.25) is 0 Å². The molecule has 1 aromatic carbocycles. The van der Waals surface area contributed by atoms with E-state index < -0.39 is 0 Å². The van der Waals surface area contributed by atoms with Gasteiger partial charge in [0.05, 0.1) is 0 Å². The highest BCUT2D eigenvalue weighted by molar-refractivity contribution is 9.10. The number of nitrogens with two attached hydrogens (primary N) is 1. The monoisotopic (exact) mass is 308 g/mol. The Bertz CT molecular complexity index is 553. The van der Waals surface area contributed by atoms with Crippen LogP contribution in [0.4, 0.5) is 10.5 Å². The van der Waals surface area contributed by atoms with Crippen LogP contribution >= 0.6 is 15.9 Å². The van der Waals surface area contributed by atoms with Crippen molar-refractivity contribution in [3.8, 4) is 0 Å². The van der Waals surface area contributed by atoms with Gasteiger partial charge in [0.2, 0.25) is 0 Å². The third-order valence-corrected chi connectivity index (χ3v) is 3.06. The Hall–Kier alpha value is -1.82. The molecule has 2 rings (SSSR count). The van der Waals surface area contributed by atoms with E-state index in [4.69, 9.17) is 5.73 Å². The van der Waals surface area contributed by atoms with Gasteiger partial charge in [-0.2, -0.15) is 0 Å². The van der Waals surface area contributed by atoms with Gasteiger partial charge in [-0.25, -0.2) is 9.78 Å². The number of anilines is 1. The van der Waals surface area contributed by atoms with Gasteiger partial charge < -0.3 is 10.6 Å². The average Bonchev–Trinajstić information content (AvgIpc) is 2.85. The van der Waals surface area contributed by atoms with Crippen LogP contribution in [-0.2, 0) is 6.54 Å². The molecule has 0 bridgehead atoms. The molecule has 2 aromatic rings. The van der Waals surface area contributed by atoms with Crippen molar-refractivity contribution < 1.29 is 4.79 Å². The van der Waals surface area contributed by atoms with Gasteiger partial charge in [0, 0.05) is 36.1 Å². The lowest BCUT2D eigenvalue weighted by atomic mass is 10.2. The highest BCUT2D eigenvalue weighted by Crippen LogP contribution is 2.19. The molecule has 1 amide bonds. The van der Waals surface area contributed by atoms with Crippen LogP contribution in [0.5, 0.6) is 0 Å². The molecule has 0 atom stereocenters. The highest BCUT2D eigenvalue weighted by atomic mass is 79.9. The van der Waals surface area contributed by atoms with Crippen molar-refractivity contribution in [1.82, 2.24) is 14.5 Å². The topological polar surface area (TPSA) is 64.2 Å². The molecule has 0 radical (unpaired) electrons. The summed E-state index contributed by atoms with van der Waals surface area (Å²) < 4.78 is 2.35. The average molecular weight is 309 g/mol. The summed E-state index contributed by atoms with van der Waals surface area (Å²) >= 11 is 3.35. The van der Waals surface area contributed by atoms with Crippen molar-refractivity contribution in [2.24, 2.45) is 0 Å². The molecule has 0 aliphatic heterocycles. The Morgan fingerprint density at radius 1 is 1.56 bits per heavy atom. The highest BCUT2D eigenvalue weighted by Gasteiger charge is 2.12. The third kappa shape index (κ3) is 2.70. The number of amides is 1. The molecule has 94 valence electrons. The maximum Gasteiger partial charge on any atom is 0.329 e. The van der Waals surface area contributed by atoms with Crippen molar-refractivity contribution in [3.63, 3.8) is 0 Å². The summed E-state index contributed by atoms with van der Waals surface area (Å²) in [4.78, 5) is 17.4. The molecular weight excluding hydrogens is 296 g/mol. The van der Waals surface area contributed by atoms with Crippen molar-refractivity contribution in [2.75, 3.05) is 12.8 Å². The van der Waals surface area contributed by atoms with Gasteiger partial charge >= 0.3 is 6.03 Å². The molecule has 2 N–H and O–H groups in total. The second-order valence-corrected chi connectivity index (χ2v) is 4.87. The molecule has 0 saturated heterocycles. The Morgan fingerprint density at radius 2 is 2.33 bits per heavy atom. The molecule has 1 aromatic heterocycles. The zero-order valence-electron chi connectivity index (χ0n) is 9.88. The largest absolute Gasteiger partial charge is 0.398 e. The number of rotatable bonds is 2. The SMILES string of the molecule is CN(Cc1ccc(Br)cc1N)C(=O)n1ccnc1. The van der Waals surface area contributed by atoms with Crippen molar-refractivity contribution in [1.29, 1.82) is 0 Å². The van der Waals surface area contributed by atoms with Crippen LogP contribution < -0.4 is 5.73 Å². The summed E-state index contributed by atoms with van der Waals surface area (Å²) in [6.07, 6.45) is 4.66. The van der Waals surface area contributed by atoms with Gasteiger partial charge in [-0.1, -0.05) is 22.0 Å². The fraction of sp³-hybridized carbons (Fsp3) is 0.167. The number of benzene rings is 1. The first kappa shape index (κ1) is 12.6. The van der Waals surface area contributed by atoms with Crippen molar-refractivity contribution in [3.05, 3.63) is 47.0 Å². The fourth-order valence-electron chi connectivity index (χ4n) is 1.60. The van der Waals surface area contributed by atoms with Gasteiger partial charge in [-0.15, -0.1) is 0 Å². The van der Waals surface area contributed by atoms with Crippen LogP contribution in [0.1, 0.15) is 5.56 Å². The number of carbonyl (C=O) groups is 1. The summed E-state index contributed by atoms with van der Waals surface area (Å²) in [6, 6.07) is 5.48. The second kappa shape index (κ2) is 5.22. The summed E-state index contributed by atoms with van der Waals surface area (Å²) in [7, 11) is 1.73. The maximum atomic E-state index is 12.0. The number of nitrogen functional groups attached to an aromatic ring is 1. The third-order valence-electron chi connectivity index (χ3n) is 2.57. The molecule has 0 unspecified atom stereocenters. The first-order valence-electron chi connectivity index (χ1n) is 5.35. The minimum absolute atomic E-state index is 0.144. The van der Waals surface area contributed by atoms with E-state index in [0.717, 1.165) is 10.0 Å². The Labute approximate surface area is 113 Å². The summed E-state index contributed by atoms with van der Waals surface area (Å²) in [6.45, 7) is 0.454. The van der Waals surface area contributed by atoms with Gasteiger partial charge in [0.1, 0.15) is 6.33 Å². The van der Waals surface area contributed by atoms with Crippen LogP contribution in [0, 0.1) is 0 Å². The molecule has 1 heterocycles. The molecule has 6 heteroatoms. The Morgan fingerprint density at radius 3 is 2.94 bits per heavy atom. The van der Waals surface area contributed by atoms with E-state index in [1.807, 2.05) is 18.2 Å². The van der Waals surface area contributed by atoms with Crippen molar-refractivity contribution >= 4 is 27.6 Å². The van der Waals surface area contributed by atoms with Crippen LogP contribution in [0.3, 0.4) is 0 Å².